The highest BCUT2D eigenvalue weighted by Gasteiger charge is 2.29. The summed E-state index contributed by atoms with van der Waals surface area (Å²) in [5.74, 6) is 0.622. The summed E-state index contributed by atoms with van der Waals surface area (Å²) < 4.78 is 5.70. The summed E-state index contributed by atoms with van der Waals surface area (Å²) in [7, 11) is 0. The standard InChI is InChI=1S/C23H31N3O3S/c1-23(2,3)13-20(27)24-17-11-7-8-12-18(17)26-22(28)19-15-30-21(25-19)14-29-16-9-5-4-6-10-16/h4-6,9-10,15,17-18H,7-8,11-14H2,1-3H3,(H,24,27)(H,26,28)/t17-,18+/m0/s1. The van der Waals surface area contributed by atoms with Crippen LogP contribution in [0.15, 0.2) is 35.7 Å². The molecular formula is C23H31N3O3S. The fraction of sp³-hybridized carbons (Fsp3) is 0.522. The quantitative estimate of drug-likeness (QED) is 0.687. The van der Waals surface area contributed by atoms with Crippen LogP contribution >= 0.6 is 11.3 Å². The van der Waals surface area contributed by atoms with Gasteiger partial charge >= 0.3 is 0 Å². The zero-order chi connectivity index (χ0) is 21.6. The van der Waals surface area contributed by atoms with E-state index in [1.165, 1.54) is 11.3 Å². The summed E-state index contributed by atoms with van der Waals surface area (Å²) >= 11 is 1.41. The molecule has 2 aromatic rings. The van der Waals surface area contributed by atoms with Gasteiger partial charge in [-0.3, -0.25) is 9.59 Å². The van der Waals surface area contributed by atoms with Crippen LogP contribution in [0.3, 0.4) is 0 Å². The van der Waals surface area contributed by atoms with Crippen LogP contribution in [0.5, 0.6) is 5.75 Å². The summed E-state index contributed by atoms with van der Waals surface area (Å²) in [5.41, 5.74) is 0.341. The first-order chi connectivity index (χ1) is 14.3. The minimum absolute atomic E-state index is 0.0305. The predicted octanol–water partition coefficient (Wildman–Crippen LogP) is 4.32. The maximum absolute atomic E-state index is 12.7. The van der Waals surface area contributed by atoms with E-state index in [0.717, 1.165) is 36.4 Å². The predicted molar refractivity (Wildman–Crippen MR) is 119 cm³/mol. The molecule has 0 bridgehead atoms. The average Bonchev–Trinajstić information content (AvgIpc) is 3.16. The molecule has 162 valence electrons. The van der Waals surface area contributed by atoms with Gasteiger partial charge in [-0.2, -0.15) is 0 Å². The van der Waals surface area contributed by atoms with Gasteiger partial charge < -0.3 is 15.4 Å². The molecular weight excluding hydrogens is 398 g/mol. The lowest BCUT2D eigenvalue weighted by molar-refractivity contribution is -0.123. The van der Waals surface area contributed by atoms with Crippen molar-refractivity contribution in [1.29, 1.82) is 0 Å². The minimum Gasteiger partial charge on any atom is -0.486 e. The van der Waals surface area contributed by atoms with E-state index >= 15 is 0 Å². The van der Waals surface area contributed by atoms with E-state index in [1.807, 2.05) is 51.1 Å². The SMILES string of the molecule is CC(C)(C)CC(=O)N[C@H]1CCCC[C@H]1NC(=O)c1csc(COc2ccccc2)n1. The van der Waals surface area contributed by atoms with Crippen molar-refractivity contribution in [2.75, 3.05) is 0 Å². The highest BCUT2D eigenvalue weighted by molar-refractivity contribution is 7.09. The Morgan fingerprint density at radius 1 is 1.10 bits per heavy atom. The molecule has 0 aliphatic heterocycles. The molecule has 1 aliphatic carbocycles. The van der Waals surface area contributed by atoms with Crippen molar-refractivity contribution in [2.24, 2.45) is 5.41 Å². The first-order valence-electron chi connectivity index (χ1n) is 10.5. The van der Waals surface area contributed by atoms with Gasteiger partial charge in [0, 0.05) is 23.9 Å². The van der Waals surface area contributed by atoms with Crippen molar-refractivity contribution < 1.29 is 14.3 Å². The Morgan fingerprint density at radius 3 is 2.43 bits per heavy atom. The summed E-state index contributed by atoms with van der Waals surface area (Å²) in [6.07, 6.45) is 4.32. The molecule has 0 saturated heterocycles. The van der Waals surface area contributed by atoms with Crippen LogP contribution in [-0.2, 0) is 11.4 Å². The van der Waals surface area contributed by atoms with Gasteiger partial charge in [-0.05, 0) is 30.4 Å². The molecule has 3 rings (SSSR count). The number of nitrogens with zero attached hydrogens (tertiary/aromatic N) is 1. The number of amides is 2. The molecule has 2 amide bonds. The highest BCUT2D eigenvalue weighted by Crippen LogP contribution is 2.22. The molecule has 2 atom stereocenters. The van der Waals surface area contributed by atoms with Gasteiger partial charge in [0.05, 0.1) is 0 Å². The smallest absolute Gasteiger partial charge is 0.271 e. The van der Waals surface area contributed by atoms with E-state index in [1.54, 1.807) is 5.38 Å². The number of carbonyl (C=O) groups is 2. The molecule has 1 fully saturated rings. The van der Waals surface area contributed by atoms with E-state index < -0.39 is 0 Å². The molecule has 1 aromatic carbocycles. The van der Waals surface area contributed by atoms with E-state index in [2.05, 4.69) is 15.6 Å². The van der Waals surface area contributed by atoms with Gasteiger partial charge in [-0.1, -0.05) is 51.8 Å². The van der Waals surface area contributed by atoms with Crippen LogP contribution in [0, 0.1) is 5.41 Å². The molecule has 0 radical (unpaired) electrons. The molecule has 1 saturated carbocycles. The molecule has 1 heterocycles. The van der Waals surface area contributed by atoms with E-state index in [9.17, 15) is 9.59 Å². The third kappa shape index (κ3) is 6.83. The monoisotopic (exact) mass is 429 g/mol. The number of ether oxygens (including phenoxy) is 1. The maximum Gasteiger partial charge on any atom is 0.271 e. The van der Waals surface area contributed by atoms with Crippen molar-refractivity contribution in [3.63, 3.8) is 0 Å². The zero-order valence-electron chi connectivity index (χ0n) is 17.9. The van der Waals surface area contributed by atoms with Crippen LogP contribution in [0.4, 0.5) is 0 Å². The Morgan fingerprint density at radius 2 is 1.77 bits per heavy atom. The Kier molecular flexibility index (Phi) is 7.48. The molecule has 7 heteroatoms. The molecule has 1 aromatic heterocycles. The largest absolute Gasteiger partial charge is 0.486 e. The van der Waals surface area contributed by atoms with Crippen LogP contribution in [0.25, 0.3) is 0 Å². The number of aromatic nitrogens is 1. The summed E-state index contributed by atoms with van der Waals surface area (Å²) in [4.78, 5) is 29.5. The lowest BCUT2D eigenvalue weighted by atomic mass is 9.88. The van der Waals surface area contributed by atoms with Crippen LogP contribution in [-0.4, -0.2) is 28.9 Å². The normalized spacial score (nSPS) is 19.2. The molecule has 6 nitrogen and oxygen atoms in total. The molecule has 1 aliphatic rings. The lowest BCUT2D eigenvalue weighted by Crippen LogP contribution is -2.53. The molecule has 2 N–H and O–H groups in total. The molecule has 0 spiro atoms. The molecule has 0 unspecified atom stereocenters. The second-order valence-electron chi connectivity index (χ2n) is 9.00. The van der Waals surface area contributed by atoms with Gasteiger partial charge in [0.1, 0.15) is 23.1 Å². The topological polar surface area (TPSA) is 80.3 Å². The fourth-order valence-electron chi connectivity index (χ4n) is 3.60. The van der Waals surface area contributed by atoms with Crippen molar-refractivity contribution in [1.82, 2.24) is 15.6 Å². The minimum atomic E-state index is -0.195. The maximum atomic E-state index is 12.7. The number of thiazole rings is 1. The Bertz CT molecular complexity index is 845. The van der Waals surface area contributed by atoms with E-state index in [4.69, 9.17) is 4.74 Å². The number of hydrogen-bond acceptors (Lipinski definition) is 5. The van der Waals surface area contributed by atoms with Crippen LogP contribution in [0.1, 0.15) is 68.4 Å². The van der Waals surface area contributed by atoms with E-state index in [0.29, 0.717) is 18.7 Å². The van der Waals surface area contributed by atoms with Crippen LogP contribution < -0.4 is 15.4 Å². The van der Waals surface area contributed by atoms with Crippen molar-refractivity contribution in [3.8, 4) is 5.75 Å². The number of carbonyl (C=O) groups excluding carboxylic acids is 2. The number of rotatable bonds is 7. The third-order valence-electron chi connectivity index (χ3n) is 5.01. The van der Waals surface area contributed by atoms with Gasteiger partial charge in [0.2, 0.25) is 5.91 Å². The first kappa shape index (κ1) is 22.3. The van der Waals surface area contributed by atoms with Crippen molar-refractivity contribution >= 4 is 23.2 Å². The number of benzene rings is 1. The second kappa shape index (κ2) is 10.1. The lowest BCUT2D eigenvalue weighted by Gasteiger charge is -2.33. The Labute approximate surface area is 182 Å². The highest BCUT2D eigenvalue weighted by atomic mass is 32.1. The second-order valence-corrected chi connectivity index (χ2v) is 9.95. The third-order valence-corrected chi connectivity index (χ3v) is 5.83. The molecule has 30 heavy (non-hydrogen) atoms. The van der Waals surface area contributed by atoms with Crippen molar-refractivity contribution in [3.05, 3.63) is 46.4 Å². The number of nitrogens with one attached hydrogen (secondary N) is 2. The van der Waals surface area contributed by atoms with Crippen molar-refractivity contribution in [2.45, 2.75) is 71.6 Å². The number of hydrogen-bond donors (Lipinski definition) is 2. The Balaban J connectivity index is 1.54. The summed E-state index contributed by atoms with van der Waals surface area (Å²) in [6.45, 7) is 6.48. The van der Waals surface area contributed by atoms with E-state index in [-0.39, 0.29) is 29.3 Å². The first-order valence-corrected chi connectivity index (χ1v) is 11.4. The van der Waals surface area contributed by atoms with Gasteiger partial charge in [0.25, 0.3) is 5.91 Å². The summed E-state index contributed by atoms with van der Waals surface area (Å²) in [5, 5.41) is 8.74. The van der Waals surface area contributed by atoms with Gasteiger partial charge in [0.15, 0.2) is 0 Å². The Hall–Kier alpha value is -2.41. The fourth-order valence-corrected chi connectivity index (χ4v) is 4.29. The zero-order valence-corrected chi connectivity index (χ0v) is 18.8. The summed E-state index contributed by atoms with van der Waals surface area (Å²) in [6, 6.07) is 9.44. The van der Waals surface area contributed by atoms with Crippen LogP contribution in [0.2, 0.25) is 0 Å². The van der Waals surface area contributed by atoms with Gasteiger partial charge in [-0.25, -0.2) is 4.98 Å². The average molecular weight is 430 g/mol. The van der Waals surface area contributed by atoms with Gasteiger partial charge in [-0.15, -0.1) is 11.3 Å². The number of para-hydroxylation sites is 1.